The number of halogens is 1. The predicted molar refractivity (Wildman–Crippen MR) is 68.5 cm³/mol. The van der Waals surface area contributed by atoms with E-state index in [1.807, 2.05) is 0 Å². The van der Waals surface area contributed by atoms with E-state index in [9.17, 15) is 9.18 Å². The summed E-state index contributed by atoms with van der Waals surface area (Å²) >= 11 is 1.72. The van der Waals surface area contributed by atoms with E-state index in [2.05, 4.69) is 0 Å². The fourth-order valence-electron chi connectivity index (χ4n) is 3.25. The number of rotatable bonds is 3. The van der Waals surface area contributed by atoms with Crippen LogP contribution in [-0.4, -0.2) is 16.3 Å². The molecule has 0 amide bonds. The minimum atomic E-state index is -1.19. The molecule has 1 N–H and O–H groups in total. The van der Waals surface area contributed by atoms with Crippen LogP contribution in [0.3, 0.4) is 0 Å². The summed E-state index contributed by atoms with van der Waals surface area (Å²) in [5, 5.41) is 9.50. The highest BCUT2D eigenvalue weighted by atomic mass is 32.2. The van der Waals surface area contributed by atoms with Crippen molar-refractivity contribution in [1.82, 2.24) is 0 Å². The Hall–Kier alpha value is -1.03. The van der Waals surface area contributed by atoms with Crippen molar-refractivity contribution in [3.8, 4) is 0 Å². The van der Waals surface area contributed by atoms with Crippen molar-refractivity contribution in [2.45, 2.75) is 35.8 Å². The van der Waals surface area contributed by atoms with Gasteiger partial charge in [-0.05, 0) is 49.3 Å². The lowest BCUT2D eigenvalue weighted by Crippen LogP contribution is -2.12. The lowest BCUT2D eigenvalue weighted by molar-refractivity contribution is 0.0691. The van der Waals surface area contributed by atoms with Crippen LogP contribution in [0.15, 0.2) is 23.1 Å². The van der Waals surface area contributed by atoms with Crippen LogP contribution < -0.4 is 0 Å². The molecule has 1 aromatic carbocycles. The van der Waals surface area contributed by atoms with E-state index >= 15 is 0 Å². The zero-order valence-corrected chi connectivity index (χ0v) is 10.8. The minimum Gasteiger partial charge on any atom is -0.478 e. The monoisotopic (exact) mass is 266 g/mol. The predicted octanol–water partition coefficient (Wildman–Crippen LogP) is 3.80. The Balaban J connectivity index is 1.77. The summed E-state index contributed by atoms with van der Waals surface area (Å²) in [7, 11) is 0. The number of thioether (sulfide) groups is 1. The van der Waals surface area contributed by atoms with Gasteiger partial charge >= 0.3 is 5.97 Å². The van der Waals surface area contributed by atoms with Gasteiger partial charge in [-0.25, -0.2) is 9.18 Å². The first-order valence-electron chi connectivity index (χ1n) is 6.33. The van der Waals surface area contributed by atoms with E-state index in [0.717, 1.165) is 16.7 Å². The molecule has 96 valence electrons. The molecule has 0 radical (unpaired) electrons. The smallest absolute Gasteiger partial charge is 0.338 e. The maximum absolute atomic E-state index is 13.3. The van der Waals surface area contributed by atoms with Crippen LogP contribution in [0.5, 0.6) is 0 Å². The SMILES string of the molecule is O=C(O)c1cc(SC2CC3CCC2C3)ccc1F. The second-order valence-electron chi connectivity index (χ2n) is 5.28. The number of carboxylic acid groups (broad SMARTS) is 1. The van der Waals surface area contributed by atoms with Crippen LogP contribution in [0, 0.1) is 17.7 Å². The van der Waals surface area contributed by atoms with Crippen LogP contribution in [0.1, 0.15) is 36.0 Å². The topological polar surface area (TPSA) is 37.3 Å². The van der Waals surface area contributed by atoms with Crippen LogP contribution >= 0.6 is 11.8 Å². The fraction of sp³-hybridized carbons (Fsp3) is 0.500. The first-order valence-corrected chi connectivity index (χ1v) is 7.21. The number of fused-ring (bicyclic) bond motifs is 2. The Labute approximate surface area is 110 Å². The average molecular weight is 266 g/mol. The first kappa shape index (κ1) is 12.0. The standard InChI is InChI=1S/C14H15FO2S/c15-12-4-3-10(7-11(12)14(16)17)18-13-6-8-1-2-9(13)5-8/h3-4,7-9,13H,1-2,5-6H2,(H,16,17). The third-order valence-corrected chi connectivity index (χ3v) is 5.54. The van der Waals surface area contributed by atoms with E-state index in [4.69, 9.17) is 5.11 Å². The maximum atomic E-state index is 13.3. The molecule has 3 rings (SSSR count). The Morgan fingerprint density at radius 2 is 2.17 bits per heavy atom. The summed E-state index contributed by atoms with van der Waals surface area (Å²) in [5.74, 6) is -0.201. The molecule has 0 saturated heterocycles. The van der Waals surface area contributed by atoms with E-state index in [1.54, 1.807) is 17.8 Å². The molecule has 2 saturated carbocycles. The summed E-state index contributed by atoms with van der Waals surface area (Å²) in [4.78, 5) is 11.8. The van der Waals surface area contributed by atoms with Crippen LogP contribution in [-0.2, 0) is 0 Å². The minimum absolute atomic E-state index is 0.219. The van der Waals surface area contributed by atoms with E-state index in [-0.39, 0.29) is 5.56 Å². The zero-order valence-electron chi connectivity index (χ0n) is 9.93. The molecule has 0 spiro atoms. The third kappa shape index (κ3) is 2.14. The maximum Gasteiger partial charge on any atom is 0.338 e. The molecule has 2 aliphatic rings. The van der Waals surface area contributed by atoms with E-state index in [1.165, 1.54) is 37.8 Å². The van der Waals surface area contributed by atoms with E-state index < -0.39 is 11.8 Å². The number of carbonyl (C=O) groups is 1. The van der Waals surface area contributed by atoms with Crippen molar-refractivity contribution >= 4 is 17.7 Å². The van der Waals surface area contributed by atoms with Crippen molar-refractivity contribution in [2.75, 3.05) is 0 Å². The number of hydrogen-bond donors (Lipinski definition) is 1. The zero-order chi connectivity index (χ0) is 12.7. The molecule has 1 aromatic rings. The van der Waals surface area contributed by atoms with Gasteiger partial charge in [0.1, 0.15) is 5.82 Å². The van der Waals surface area contributed by atoms with Crippen molar-refractivity contribution in [3.63, 3.8) is 0 Å². The van der Waals surface area contributed by atoms with Crippen molar-refractivity contribution in [1.29, 1.82) is 0 Å². The van der Waals surface area contributed by atoms with Gasteiger partial charge in [0.05, 0.1) is 5.56 Å². The first-order chi connectivity index (χ1) is 8.63. The van der Waals surface area contributed by atoms with Crippen LogP contribution in [0.4, 0.5) is 4.39 Å². The molecule has 0 aliphatic heterocycles. The van der Waals surface area contributed by atoms with Gasteiger partial charge in [0.25, 0.3) is 0 Å². The molecule has 2 nitrogen and oxygen atoms in total. The highest BCUT2D eigenvalue weighted by Gasteiger charge is 2.39. The Morgan fingerprint density at radius 3 is 2.78 bits per heavy atom. The van der Waals surface area contributed by atoms with Gasteiger partial charge in [0, 0.05) is 10.1 Å². The Bertz CT molecular complexity index is 489. The second-order valence-corrected chi connectivity index (χ2v) is 6.59. The molecule has 4 heteroatoms. The van der Waals surface area contributed by atoms with Gasteiger partial charge in [-0.15, -0.1) is 11.8 Å². The molecule has 0 aromatic heterocycles. The lowest BCUT2D eigenvalue weighted by atomic mass is 10.0. The molecule has 3 unspecified atom stereocenters. The molecule has 3 atom stereocenters. The molecular weight excluding hydrogens is 251 g/mol. The molecule has 2 aliphatic carbocycles. The summed E-state index contributed by atoms with van der Waals surface area (Å²) in [6.45, 7) is 0. The summed E-state index contributed by atoms with van der Waals surface area (Å²) in [6.07, 6.45) is 5.21. The summed E-state index contributed by atoms with van der Waals surface area (Å²) in [6, 6.07) is 4.42. The number of benzene rings is 1. The molecule has 2 fully saturated rings. The van der Waals surface area contributed by atoms with Gasteiger partial charge in [0.15, 0.2) is 0 Å². The largest absolute Gasteiger partial charge is 0.478 e. The average Bonchev–Trinajstić information content (AvgIpc) is 2.93. The molecule has 0 heterocycles. The van der Waals surface area contributed by atoms with Crippen molar-refractivity contribution < 1.29 is 14.3 Å². The summed E-state index contributed by atoms with van der Waals surface area (Å²) in [5.41, 5.74) is -0.219. The van der Waals surface area contributed by atoms with Crippen LogP contribution in [0.2, 0.25) is 0 Å². The van der Waals surface area contributed by atoms with Gasteiger partial charge in [-0.2, -0.15) is 0 Å². The number of carboxylic acids is 1. The Morgan fingerprint density at radius 1 is 1.33 bits per heavy atom. The van der Waals surface area contributed by atoms with Gasteiger partial charge in [-0.1, -0.05) is 6.42 Å². The third-order valence-electron chi connectivity index (χ3n) is 4.13. The fourth-order valence-corrected chi connectivity index (χ4v) is 4.74. The highest BCUT2D eigenvalue weighted by Crippen LogP contribution is 2.51. The van der Waals surface area contributed by atoms with Gasteiger partial charge in [0.2, 0.25) is 0 Å². The quantitative estimate of drug-likeness (QED) is 0.904. The second kappa shape index (κ2) is 4.57. The van der Waals surface area contributed by atoms with Crippen molar-refractivity contribution in [3.05, 3.63) is 29.6 Å². The Kier molecular flexibility index (Phi) is 3.06. The lowest BCUT2D eigenvalue weighted by Gasteiger charge is -2.21. The number of aromatic carboxylic acids is 1. The van der Waals surface area contributed by atoms with Gasteiger partial charge in [-0.3, -0.25) is 0 Å². The van der Waals surface area contributed by atoms with E-state index in [0.29, 0.717) is 5.25 Å². The summed E-state index contributed by atoms with van der Waals surface area (Å²) < 4.78 is 13.3. The van der Waals surface area contributed by atoms with Gasteiger partial charge < -0.3 is 5.11 Å². The number of hydrogen-bond acceptors (Lipinski definition) is 2. The highest BCUT2D eigenvalue weighted by molar-refractivity contribution is 8.00. The molecular formula is C14H15FO2S. The molecule has 18 heavy (non-hydrogen) atoms. The normalized spacial score (nSPS) is 29.7. The van der Waals surface area contributed by atoms with Crippen LogP contribution in [0.25, 0.3) is 0 Å². The molecule has 2 bridgehead atoms. The van der Waals surface area contributed by atoms with Crippen molar-refractivity contribution in [2.24, 2.45) is 11.8 Å².